The molecular formula is C15H16O. The molecule has 2 unspecified atom stereocenters. The Labute approximate surface area is 95.8 Å². The smallest absolute Gasteiger partial charge is 0.137 e. The fourth-order valence-corrected chi connectivity index (χ4v) is 2.41. The molecule has 0 saturated heterocycles. The molecular weight excluding hydrogens is 196 g/mol. The largest absolute Gasteiger partial charge is 0.460 e. The zero-order chi connectivity index (χ0) is 11.1. The van der Waals surface area contributed by atoms with Crippen LogP contribution < -0.4 is 0 Å². The highest BCUT2D eigenvalue weighted by atomic mass is 16.3. The van der Waals surface area contributed by atoms with Gasteiger partial charge in [0, 0.05) is 11.3 Å². The van der Waals surface area contributed by atoms with Crippen LogP contribution in [-0.4, -0.2) is 0 Å². The number of allylic oxidation sites excluding steroid dienone is 2. The highest BCUT2D eigenvalue weighted by Crippen LogP contribution is 2.49. The summed E-state index contributed by atoms with van der Waals surface area (Å²) in [6, 6.07) is 8.53. The summed E-state index contributed by atoms with van der Waals surface area (Å²) in [4.78, 5) is 0. The number of benzene rings is 1. The number of hydrogen-bond acceptors (Lipinski definition) is 1. The van der Waals surface area contributed by atoms with Crippen molar-refractivity contribution < 1.29 is 4.42 Å². The van der Waals surface area contributed by atoms with E-state index in [1.807, 2.05) is 0 Å². The molecule has 0 bridgehead atoms. The lowest BCUT2D eigenvalue weighted by Gasteiger charge is -1.92. The van der Waals surface area contributed by atoms with Crippen molar-refractivity contribution in [1.29, 1.82) is 0 Å². The number of rotatable bonds is 2. The van der Waals surface area contributed by atoms with Crippen molar-refractivity contribution in [3.05, 3.63) is 47.7 Å². The fourth-order valence-electron chi connectivity index (χ4n) is 2.41. The summed E-state index contributed by atoms with van der Waals surface area (Å²) in [6.07, 6.45) is 5.66. The van der Waals surface area contributed by atoms with Gasteiger partial charge in [-0.3, -0.25) is 0 Å². The summed E-state index contributed by atoms with van der Waals surface area (Å²) in [7, 11) is 0. The minimum atomic E-state index is 0.614. The Morgan fingerprint density at radius 1 is 1.38 bits per heavy atom. The van der Waals surface area contributed by atoms with E-state index in [1.54, 1.807) is 0 Å². The van der Waals surface area contributed by atoms with Crippen LogP contribution in [-0.2, 0) is 0 Å². The fraction of sp³-hybridized carbons (Fsp3) is 0.333. The lowest BCUT2D eigenvalue weighted by molar-refractivity contribution is 0.545. The molecule has 1 saturated carbocycles. The van der Waals surface area contributed by atoms with Gasteiger partial charge in [-0.25, -0.2) is 0 Å². The molecule has 0 amide bonds. The molecule has 3 rings (SSSR count). The predicted molar refractivity (Wildman–Crippen MR) is 66.6 cm³/mol. The van der Waals surface area contributed by atoms with Crippen LogP contribution in [0.25, 0.3) is 11.0 Å². The first kappa shape index (κ1) is 9.71. The van der Waals surface area contributed by atoms with Gasteiger partial charge in [0.2, 0.25) is 0 Å². The van der Waals surface area contributed by atoms with E-state index in [0.29, 0.717) is 11.8 Å². The van der Waals surface area contributed by atoms with E-state index in [-0.39, 0.29) is 0 Å². The molecule has 0 radical (unpaired) electrons. The van der Waals surface area contributed by atoms with Gasteiger partial charge in [0.15, 0.2) is 0 Å². The zero-order valence-corrected chi connectivity index (χ0v) is 9.73. The Morgan fingerprint density at radius 3 is 3.00 bits per heavy atom. The maximum Gasteiger partial charge on any atom is 0.137 e. The van der Waals surface area contributed by atoms with Crippen molar-refractivity contribution in [2.75, 3.05) is 0 Å². The van der Waals surface area contributed by atoms with Gasteiger partial charge in [-0.2, -0.15) is 0 Å². The third-order valence-electron chi connectivity index (χ3n) is 3.40. The zero-order valence-electron chi connectivity index (χ0n) is 9.73. The molecule has 1 aromatic carbocycles. The average Bonchev–Trinajstić information content (AvgIpc) is 2.89. The van der Waals surface area contributed by atoms with E-state index >= 15 is 0 Å². The minimum Gasteiger partial charge on any atom is -0.460 e. The van der Waals surface area contributed by atoms with E-state index in [2.05, 4.69) is 50.3 Å². The topological polar surface area (TPSA) is 13.1 Å². The van der Waals surface area contributed by atoms with Crippen LogP contribution in [0.2, 0.25) is 0 Å². The van der Waals surface area contributed by atoms with Crippen molar-refractivity contribution in [3.63, 3.8) is 0 Å². The number of furan rings is 1. The summed E-state index contributed by atoms with van der Waals surface area (Å²) in [5.41, 5.74) is 2.29. The van der Waals surface area contributed by atoms with Crippen molar-refractivity contribution in [2.45, 2.75) is 26.2 Å². The summed E-state index contributed by atoms with van der Waals surface area (Å²) < 4.78 is 5.97. The Balaban J connectivity index is 1.98. The van der Waals surface area contributed by atoms with E-state index in [0.717, 1.165) is 11.3 Å². The SMILES string of the molecule is C/C=C\C1CC1c1cc2cccc(C)c2o1. The van der Waals surface area contributed by atoms with Gasteiger partial charge >= 0.3 is 0 Å². The molecule has 1 heteroatoms. The lowest BCUT2D eigenvalue weighted by atomic mass is 10.1. The number of fused-ring (bicyclic) bond motifs is 1. The molecule has 1 nitrogen and oxygen atoms in total. The van der Waals surface area contributed by atoms with E-state index in [1.165, 1.54) is 17.4 Å². The third-order valence-corrected chi connectivity index (χ3v) is 3.40. The monoisotopic (exact) mass is 212 g/mol. The number of hydrogen-bond donors (Lipinski definition) is 0. The number of aryl methyl sites for hydroxylation is 1. The molecule has 0 N–H and O–H groups in total. The molecule has 16 heavy (non-hydrogen) atoms. The second kappa shape index (κ2) is 3.51. The Morgan fingerprint density at radius 2 is 2.25 bits per heavy atom. The highest BCUT2D eigenvalue weighted by molar-refractivity contribution is 5.81. The summed E-state index contributed by atoms with van der Waals surface area (Å²) in [6.45, 7) is 4.18. The van der Waals surface area contributed by atoms with Crippen LogP contribution in [0, 0.1) is 12.8 Å². The molecule has 1 heterocycles. The van der Waals surface area contributed by atoms with Gasteiger partial charge in [-0.05, 0) is 37.8 Å². The van der Waals surface area contributed by atoms with Crippen molar-refractivity contribution >= 4 is 11.0 Å². The summed E-state index contributed by atoms with van der Waals surface area (Å²) in [5, 5.41) is 1.24. The van der Waals surface area contributed by atoms with Gasteiger partial charge in [0.05, 0.1) is 0 Å². The highest BCUT2D eigenvalue weighted by Gasteiger charge is 2.38. The Kier molecular flexibility index (Phi) is 2.13. The number of para-hydroxylation sites is 1. The Bertz CT molecular complexity index is 548. The molecule has 1 aliphatic carbocycles. The minimum absolute atomic E-state index is 0.614. The normalized spacial score (nSPS) is 24.4. The van der Waals surface area contributed by atoms with Gasteiger partial charge in [0.25, 0.3) is 0 Å². The molecule has 0 aliphatic heterocycles. The van der Waals surface area contributed by atoms with Crippen LogP contribution in [0.4, 0.5) is 0 Å². The van der Waals surface area contributed by atoms with Crippen LogP contribution in [0.15, 0.2) is 40.8 Å². The molecule has 1 aliphatic rings. The molecule has 82 valence electrons. The standard InChI is InChI=1S/C15H16O/c1-3-5-11-8-13(11)14-9-12-7-4-6-10(2)15(12)16-14/h3-7,9,11,13H,8H2,1-2H3/b5-3-. The second-order valence-electron chi connectivity index (χ2n) is 4.67. The first-order chi connectivity index (χ1) is 7.79. The molecule has 2 atom stereocenters. The average molecular weight is 212 g/mol. The van der Waals surface area contributed by atoms with E-state index in [4.69, 9.17) is 4.42 Å². The first-order valence-corrected chi connectivity index (χ1v) is 5.91. The van der Waals surface area contributed by atoms with Gasteiger partial charge in [-0.15, -0.1) is 0 Å². The molecule has 1 fully saturated rings. The van der Waals surface area contributed by atoms with Crippen molar-refractivity contribution in [1.82, 2.24) is 0 Å². The maximum absolute atomic E-state index is 5.97. The van der Waals surface area contributed by atoms with Crippen molar-refractivity contribution in [3.8, 4) is 0 Å². The lowest BCUT2D eigenvalue weighted by Crippen LogP contribution is -1.75. The third kappa shape index (κ3) is 1.47. The van der Waals surface area contributed by atoms with Crippen LogP contribution >= 0.6 is 0 Å². The molecule has 0 spiro atoms. The summed E-state index contributed by atoms with van der Waals surface area (Å²) in [5.74, 6) is 2.47. The van der Waals surface area contributed by atoms with Gasteiger partial charge < -0.3 is 4.42 Å². The quantitative estimate of drug-likeness (QED) is 0.671. The molecule has 1 aromatic heterocycles. The van der Waals surface area contributed by atoms with Crippen LogP contribution in [0.3, 0.4) is 0 Å². The Hall–Kier alpha value is -1.50. The summed E-state index contributed by atoms with van der Waals surface area (Å²) >= 11 is 0. The van der Waals surface area contributed by atoms with Gasteiger partial charge in [-0.1, -0.05) is 30.4 Å². The van der Waals surface area contributed by atoms with Crippen LogP contribution in [0.5, 0.6) is 0 Å². The maximum atomic E-state index is 5.97. The van der Waals surface area contributed by atoms with E-state index in [9.17, 15) is 0 Å². The van der Waals surface area contributed by atoms with E-state index < -0.39 is 0 Å². The van der Waals surface area contributed by atoms with Crippen LogP contribution in [0.1, 0.15) is 30.6 Å². The van der Waals surface area contributed by atoms with Crippen molar-refractivity contribution in [2.24, 2.45) is 5.92 Å². The first-order valence-electron chi connectivity index (χ1n) is 5.91. The predicted octanol–water partition coefficient (Wildman–Crippen LogP) is 4.42. The second-order valence-corrected chi connectivity index (χ2v) is 4.67. The molecule has 2 aromatic rings. The van der Waals surface area contributed by atoms with Gasteiger partial charge in [0.1, 0.15) is 11.3 Å².